The summed E-state index contributed by atoms with van der Waals surface area (Å²) in [6, 6.07) is 14.5. The van der Waals surface area contributed by atoms with E-state index in [1.807, 2.05) is 59.2 Å². The molecule has 0 spiro atoms. The second kappa shape index (κ2) is 11.0. The highest BCUT2D eigenvalue weighted by Gasteiger charge is 2.29. The largest absolute Gasteiger partial charge is 0.497 e. The molecule has 0 saturated heterocycles. The molecule has 0 saturated carbocycles. The predicted molar refractivity (Wildman–Crippen MR) is 125 cm³/mol. The van der Waals surface area contributed by atoms with Crippen molar-refractivity contribution in [1.29, 1.82) is 0 Å². The number of benzene rings is 2. The summed E-state index contributed by atoms with van der Waals surface area (Å²) in [4.78, 5) is 30.4. The number of methoxy groups -OCH3 is 1. The Balaban J connectivity index is 1.94. The van der Waals surface area contributed by atoms with Gasteiger partial charge in [-0.2, -0.15) is 0 Å². The molecule has 0 fully saturated rings. The summed E-state index contributed by atoms with van der Waals surface area (Å²) < 4.78 is 11.5. The van der Waals surface area contributed by atoms with Crippen molar-refractivity contribution >= 4 is 11.8 Å². The van der Waals surface area contributed by atoms with Crippen molar-refractivity contribution in [2.75, 3.05) is 33.4 Å². The number of amides is 2. The minimum Gasteiger partial charge on any atom is -0.497 e. The van der Waals surface area contributed by atoms with Crippen LogP contribution in [0.15, 0.2) is 48.5 Å². The lowest BCUT2D eigenvalue weighted by atomic mass is 10.0. The number of fused-ring (bicyclic) bond motifs is 1. The molecule has 0 aliphatic carbocycles. The zero-order valence-electron chi connectivity index (χ0n) is 19.5. The smallest absolute Gasteiger partial charge is 0.257 e. The summed E-state index contributed by atoms with van der Waals surface area (Å²) in [5.41, 5.74) is 1.18. The maximum Gasteiger partial charge on any atom is 0.257 e. The van der Waals surface area contributed by atoms with Crippen LogP contribution in [-0.2, 0) is 0 Å². The number of para-hydroxylation sites is 1. The van der Waals surface area contributed by atoms with Crippen molar-refractivity contribution in [2.24, 2.45) is 5.92 Å². The van der Waals surface area contributed by atoms with Gasteiger partial charge in [0.1, 0.15) is 18.1 Å². The molecule has 0 N–H and O–H groups in total. The monoisotopic (exact) mass is 438 g/mol. The van der Waals surface area contributed by atoms with Crippen molar-refractivity contribution in [2.45, 2.75) is 39.7 Å². The lowest BCUT2D eigenvalue weighted by Crippen LogP contribution is -2.47. The van der Waals surface area contributed by atoms with Crippen molar-refractivity contribution in [3.63, 3.8) is 0 Å². The fourth-order valence-electron chi connectivity index (χ4n) is 4.08. The van der Waals surface area contributed by atoms with Gasteiger partial charge in [-0.05, 0) is 56.0 Å². The topological polar surface area (TPSA) is 59.1 Å². The van der Waals surface area contributed by atoms with Gasteiger partial charge in [0.15, 0.2) is 0 Å². The Labute approximate surface area is 191 Å². The lowest BCUT2D eigenvalue weighted by Gasteiger charge is -2.35. The number of carbonyl (C=O) groups is 2. The third-order valence-corrected chi connectivity index (χ3v) is 6.02. The predicted octanol–water partition coefficient (Wildman–Crippen LogP) is 4.50. The second-order valence-electron chi connectivity index (χ2n) is 8.44. The SMILES string of the molecule is CCN1CCCCN(C(=O)c2cccc(OC)c2)[C@@H](C(C)C)COc2ccccc2C1=O. The van der Waals surface area contributed by atoms with Crippen LogP contribution in [0.1, 0.15) is 54.3 Å². The maximum absolute atomic E-state index is 13.6. The molecule has 2 aromatic carbocycles. The van der Waals surface area contributed by atoms with Crippen LogP contribution in [0, 0.1) is 5.92 Å². The number of carbonyl (C=O) groups excluding carboxylic acids is 2. The van der Waals surface area contributed by atoms with Gasteiger partial charge in [0.05, 0.1) is 18.7 Å². The third-order valence-electron chi connectivity index (χ3n) is 6.02. The van der Waals surface area contributed by atoms with Gasteiger partial charge in [-0.1, -0.05) is 32.0 Å². The minimum absolute atomic E-state index is 0.00548. The summed E-state index contributed by atoms with van der Waals surface area (Å²) in [5.74, 6) is 1.38. The van der Waals surface area contributed by atoms with Gasteiger partial charge in [-0.3, -0.25) is 9.59 Å². The van der Waals surface area contributed by atoms with Crippen LogP contribution in [-0.4, -0.2) is 61.0 Å². The first-order chi connectivity index (χ1) is 15.5. The molecule has 0 radical (unpaired) electrons. The molecule has 6 nitrogen and oxygen atoms in total. The van der Waals surface area contributed by atoms with E-state index >= 15 is 0 Å². The molecular weight excluding hydrogens is 404 g/mol. The van der Waals surface area contributed by atoms with Crippen LogP contribution in [0.5, 0.6) is 11.5 Å². The highest BCUT2D eigenvalue weighted by molar-refractivity contribution is 5.97. The second-order valence-corrected chi connectivity index (χ2v) is 8.44. The molecule has 1 aliphatic heterocycles. The van der Waals surface area contributed by atoms with Crippen molar-refractivity contribution in [3.05, 3.63) is 59.7 Å². The van der Waals surface area contributed by atoms with Gasteiger partial charge in [-0.15, -0.1) is 0 Å². The van der Waals surface area contributed by atoms with Crippen molar-refractivity contribution < 1.29 is 19.1 Å². The molecule has 32 heavy (non-hydrogen) atoms. The van der Waals surface area contributed by atoms with Crippen LogP contribution >= 0.6 is 0 Å². The summed E-state index contributed by atoms with van der Waals surface area (Å²) in [6.45, 7) is 8.40. The molecular formula is C26H34N2O4. The van der Waals surface area contributed by atoms with E-state index in [1.165, 1.54) is 0 Å². The molecule has 172 valence electrons. The molecule has 2 amide bonds. The van der Waals surface area contributed by atoms with Gasteiger partial charge in [0, 0.05) is 25.2 Å². The van der Waals surface area contributed by atoms with Gasteiger partial charge in [-0.25, -0.2) is 0 Å². The summed E-state index contributed by atoms with van der Waals surface area (Å²) in [7, 11) is 1.60. The average Bonchev–Trinajstić information content (AvgIpc) is 2.81. The van der Waals surface area contributed by atoms with Crippen LogP contribution in [0.2, 0.25) is 0 Å². The number of hydrogen-bond acceptors (Lipinski definition) is 4. The first-order valence-corrected chi connectivity index (χ1v) is 11.4. The molecule has 1 aliphatic rings. The number of hydrogen-bond donors (Lipinski definition) is 0. The van der Waals surface area contributed by atoms with E-state index in [2.05, 4.69) is 13.8 Å². The van der Waals surface area contributed by atoms with E-state index in [4.69, 9.17) is 9.47 Å². The van der Waals surface area contributed by atoms with Gasteiger partial charge < -0.3 is 19.3 Å². The highest BCUT2D eigenvalue weighted by Crippen LogP contribution is 2.25. The van der Waals surface area contributed by atoms with E-state index in [9.17, 15) is 9.59 Å². The van der Waals surface area contributed by atoms with E-state index in [0.29, 0.717) is 48.9 Å². The molecule has 0 aromatic heterocycles. The Morgan fingerprint density at radius 3 is 2.59 bits per heavy atom. The van der Waals surface area contributed by atoms with Gasteiger partial charge in [0.2, 0.25) is 0 Å². The Bertz CT molecular complexity index is 928. The van der Waals surface area contributed by atoms with Crippen LogP contribution < -0.4 is 9.47 Å². The Morgan fingerprint density at radius 2 is 1.88 bits per heavy atom. The standard InChI is InChI=1S/C26H34N2O4/c1-5-27-15-8-9-16-28(25(29)20-11-10-12-21(17-20)31-4)23(19(2)3)18-32-24-14-7-6-13-22(24)26(27)30/h6-7,10-14,17,19,23H,5,8-9,15-16,18H2,1-4H3/t23-/m1/s1. The normalized spacial score (nSPS) is 17.8. The molecule has 2 aromatic rings. The molecule has 1 heterocycles. The van der Waals surface area contributed by atoms with E-state index in [0.717, 1.165) is 12.8 Å². The van der Waals surface area contributed by atoms with Crippen LogP contribution in [0.4, 0.5) is 0 Å². The summed E-state index contributed by atoms with van der Waals surface area (Å²) in [5, 5.41) is 0. The fraction of sp³-hybridized carbons (Fsp3) is 0.462. The van der Waals surface area contributed by atoms with Crippen LogP contribution in [0.25, 0.3) is 0 Å². The van der Waals surface area contributed by atoms with E-state index in [-0.39, 0.29) is 23.8 Å². The molecule has 0 unspecified atom stereocenters. The fourth-order valence-corrected chi connectivity index (χ4v) is 4.08. The Kier molecular flexibility index (Phi) is 8.14. The first kappa shape index (κ1) is 23.6. The quantitative estimate of drug-likeness (QED) is 0.705. The maximum atomic E-state index is 13.6. The van der Waals surface area contributed by atoms with Crippen molar-refractivity contribution in [1.82, 2.24) is 9.80 Å². The third kappa shape index (κ3) is 5.42. The number of ether oxygens (including phenoxy) is 2. The van der Waals surface area contributed by atoms with Crippen LogP contribution in [0.3, 0.4) is 0 Å². The van der Waals surface area contributed by atoms with Crippen molar-refractivity contribution in [3.8, 4) is 11.5 Å². The Morgan fingerprint density at radius 1 is 1.12 bits per heavy atom. The Hall–Kier alpha value is -3.02. The number of rotatable bonds is 4. The number of nitrogens with zero attached hydrogens (tertiary/aromatic N) is 2. The molecule has 0 bridgehead atoms. The molecule has 6 heteroatoms. The van der Waals surface area contributed by atoms with E-state index < -0.39 is 0 Å². The van der Waals surface area contributed by atoms with Gasteiger partial charge >= 0.3 is 0 Å². The zero-order chi connectivity index (χ0) is 23.1. The zero-order valence-corrected chi connectivity index (χ0v) is 19.5. The van der Waals surface area contributed by atoms with E-state index in [1.54, 1.807) is 13.2 Å². The summed E-state index contributed by atoms with van der Waals surface area (Å²) >= 11 is 0. The first-order valence-electron chi connectivity index (χ1n) is 11.4. The average molecular weight is 439 g/mol. The highest BCUT2D eigenvalue weighted by atomic mass is 16.5. The molecule has 1 atom stereocenters. The molecule has 3 rings (SSSR count). The van der Waals surface area contributed by atoms with Gasteiger partial charge in [0.25, 0.3) is 11.8 Å². The summed E-state index contributed by atoms with van der Waals surface area (Å²) in [6.07, 6.45) is 1.64. The minimum atomic E-state index is -0.126. The lowest BCUT2D eigenvalue weighted by molar-refractivity contribution is 0.0511.